The molecule has 0 unspecified atom stereocenters. The molecule has 0 saturated carbocycles. The van der Waals surface area contributed by atoms with Gasteiger partial charge < -0.3 is 14.5 Å². The Morgan fingerprint density at radius 1 is 1.09 bits per heavy atom. The van der Waals surface area contributed by atoms with E-state index in [4.69, 9.17) is 20.8 Å². The third-order valence-corrected chi connectivity index (χ3v) is 5.76. The lowest BCUT2D eigenvalue weighted by atomic mass is 9.96. The summed E-state index contributed by atoms with van der Waals surface area (Å²) in [5.74, 6) is -0.488. The zero-order valence-electron chi connectivity index (χ0n) is 18.8. The number of methoxy groups -OCH3 is 1. The number of furan rings is 1. The molecule has 0 aliphatic heterocycles. The zero-order valence-corrected chi connectivity index (χ0v) is 19.5. The van der Waals surface area contributed by atoms with E-state index in [9.17, 15) is 9.18 Å². The molecule has 4 rings (SSSR count). The highest BCUT2D eigenvalue weighted by atomic mass is 35.5. The second kappa shape index (κ2) is 9.12. The van der Waals surface area contributed by atoms with E-state index in [2.05, 4.69) is 37.4 Å². The first-order chi connectivity index (χ1) is 15.8. The first-order valence-corrected chi connectivity index (χ1v) is 10.8. The number of amides is 1. The van der Waals surface area contributed by atoms with Crippen LogP contribution in [-0.4, -0.2) is 13.0 Å². The van der Waals surface area contributed by atoms with Gasteiger partial charge in [0.15, 0.2) is 0 Å². The highest BCUT2D eigenvalue weighted by Gasteiger charge is 2.16. The molecule has 33 heavy (non-hydrogen) atoms. The molecule has 4 nitrogen and oxygen atoms in total. The topological polar surface area (TPSA) is 51.5 Å². The van der Waals surface area contributed by atoms with Crippen LogP contribution in [0.15, 0.2) is 65.3 Å². The van der Waals surface area contributed by atoms with Gasteiger partial charge in [-0.25, -0.2) is 4.39 Å². The summed E-state index contributed by atoms with van der Waals surface area (Å²) in [6.07, 6.45) is 3.15. The van der Waals surface area contributed by atoms with Gasteiger partial charge in [-0.05, 0) is 61.7 Å². The van der Waals surface area contributed by atoms with Crippen LogP contribution in [-0.2, 0) is 4.79 Å². The van der Waals surface area contributed by atoms with Crippen LogP contribution in [0, 0.1) is 19.7 Å². The predicted octanol–water partition coefficient (Wildman–Crippen LogP) is 7.56. The van der Waals surface area contributed by atoms with Crippen LogP contribution in [0.25, 0.3) is 27.7 Å². The Balaban J connectivity index is 1.73. The fourth-order valence-electron chi connectivity index (χ4n) is 3.89. The number of anilines is 1. The number of aryl methyl sites for hydroxylation is 2. The summed E-state index contributed by atoms with van der Waals surface area (Å²) in [5.41, 5.74) is 6.52. The molecule has 0 bridgehead atoms. The van der Waals surface area contributed by atoms with Crippen LogP contribution in [0.3, 0.4) is 0 Å². The van der Waals surface area contributed by atoms with E-state index in [0.29, 0.717) is 16.9 Å². The quantitative estimate of drug-likeness (QED) is 0.311. The third-order valence-electron chi connectivity index (χ3n) is 5.53. The molecule has 4 aromatic rings. The molecular formula is C27H23ClFNO3. The molecule has 1 aromatic heterocycles. The van der Waals surface area contributed by atoms with E-state index in [-0.39, 0.29) is 10.7 Å². The third kappa shape index (κ3) is 4.64. The fraction of sp³-hybridized carbons (Fsp3) is 0.148. The van der Waals surface area contributed by atoms with Crippen LogP contribution in [0.2, 0.25) is 5.02 Å². The lowest BCUT2D eigenvalue weighted by Crippen LogP contribution is -2.10. The molecular weight excluding hydrogens is 441 g/mol. The molecule has 6 heteroatoms. The van der Waals surface area contributed by atoms with E-state index in [1.165, 1.54) is 23.8 Å². The summed E-state index contributed by atoms with van der Waals surface area (Å²) >= 11 is 5.78. The number of benzene rings is 3. The number of allylic oxidation sites excluding steroid dienone is 1. The molecule has 168 valence electrons. The van der Waals surface area contributed by atoms with Crippen molar-refractivity contribution in [1.82, 2.24) is 0 Å². The van der Waals surface area contributed by atoms with Gasteiger partial charge in [-0.2, -0.15) is 0 Å². The number of hydrogen-bond donors (Lipinski definition) is 1. The standard InChI is InChI=1S/C27H23ClFNO3/c1-15-5-7-19(16(2)9-15)22-14-33-26-13-25(32-4)20(12-21(22)26)17(3)10-27(31)30-24-8-6-18(28)11-23(24)29/h5-14H,1-4H3,(H,30,31)/b17-10+. The summed E-state index contributed by atoms with van der Waals surface area (Å²) in [5, 5.41) is 3.72. The number of rotatable bonds is 5. The van der Waals surface area contributed by atoms with E-state index in [1.54, 1.807) is 20.3 Å². The van der Waals surface area contributed by atoms with Gasteiger partial charge in [0.25, 0.3) is 0 Å². The highest BCUT2D eigenvalue weighted by molar-refractivity contribution is 6.30. The number of hydrogen-bond acceptors (Lipinski definition) is 3. The minimum Gasteiger partial charge on any atom is -0.496 e. The second-order valence-electron chi connectivity index (χ2n) is 7.96. The van der Waals surface area contributed by atoms with E-state index in [0.717, 1.165) is 33.7 Å². The van der Waals surface area contributed by atoms with Gasteiger partial charge in [0.1, 0.15) is 17.1 Å². The van der Waals surface area contributed by atoms with E-state index in [1.807, 2.05) is 12.1 Å². The molecule has 1 heterocycles. The average molecular weight is 464 g/mol. The molecule has 0 atom stereocenters. The molecule has 1 amide bonds. The lowest BCUT2D eigenvalue weighted by molar-refractivity contribution is -0.111. The molecule has 0 radical (unpaired) electrons. The SMILES string of the molecule is COc1cc2occ(-c3ccc(C)cc3C)c2cc1/C(C)=C/C(=O)Nc1ccc(Cl)cc1F. The largest absolute Gasteiger partial charge is 0.496 e. The molecule has 0 saturated heterocycles. The maximum Gasteiger partial charge on any atom is 0.248 e. The Kier molecular flexibility index (Phi) is 6.25. The zero-order chi connectivity index (χ0) is 23.7. The number of carbonyl (C=O) groups excluding carboxylic acids is 1. The summed E-state index contributed by atoms with van der Waals surface area (Å²) < 4.78 is 25.4. The van der Waals surface area contributed by atoms with Gasteiger partial charge in [0.2, 0.25) is 5.91 Å². The normalized spacial score (nSPS) is 11.6. The van der Waals surface area contributed by atoms with Crippen LogP contribution in [0.5, 0.6) is 5.75 Å². The predicted molar refractivity (Wildman–Crippen MR) is 131 cm³/mol. The number of nitrogens with one attached hydrogen (secondary N) is 1. The van der Waals surface area contributed by atoms with Gasteiger partial charge in [-0.3, -0.25) is 4.79 Å². The van der Waals surface area contributed by atoms with Crippen molar-refractivity contribution in [2.45, 2.75) is 20.8 Å². The first-order valence-electron chi connectivity index (χ1n) is 10.4. The number of fused-ring (bicyclic) bond motifs is 1. The van der Waals surface area contributed by atoms with Gasteiger partial charge in [-0.1, -0.05) is 35.4 Å². The van der Waals surface area contributed by atoms with Crippen LogP contribution >= 0.6 is 11.6 Å². The van der Waals surface area contributed by atoms with Crippen molar-refractivity contribution in [2.75, 3.05) is 12.4 Å². The lowest BCUT2D eigenvalue weighted by Gasteiger charge is -2.11. The fourth-order valence-corrected chi connectivity index (χ4v) is 4.05. The van der Waals surface area contributed by atoms with Crippen LogP contribution < -0.4 is 10.1 Å². The Bertz CT molecular complexity index is 1400. The smallest absolute Gasteiger partial charge is 0.248 e. The van der Waals surface area contributed by atoms with Crippen molar-refractivity contribution >= 4 is 39.7 Å². The summed E-state index contributed by atoms with van der Waals surface area (Å²) in [6, 6.07) is 14.1. The van der Waals surface area contributed by atoms with E-state index < -0.39 is 11.7 Å². The molecule has 0 aliphatic rings. The highest BCUT2D eigenvalue weighted by Crippen LogP contribution is 2.38. The minimum absolute atomic E-state index is 0.0582. The summed E-state index contributed by atoms with van der Waals surface area (Å²) in [6.45, 7) is 5.93. The summed E-state index contributed by atoms with van der Waals surface area (Å²) in [4.78, 5) is 12.6. The Labute approximate surface area is 196 Å². The maximum absolute atomic E-state index is 14.0. The molecule has 3 aromatic carbocycles. The van der Waals surface area contributed by atoms with Crippen molar-refractivity contribution in [3.63, 3.8) is 0 Å². The van der Waals surface area contributed by atoms with Crippen molar-refractivity contribution in [3.05, 3.63) is 88.4 Å². The number of halogens is 2. The van der Waals surface area contributed by atoms with Crippen LogP contribution in [0.4, 0.5) is 10.1 Å². The summed E-state index contributed by atoms with van der Waals surface area (Å²) in [7, 11) is 1.56. The number of ether oxygens (including phenoxy) is 1. The Hall–Kier alpha value is -3.57. The van der Waals surface area contributed by atoms with Crippen LogP contribution in [0.1, 0.15) is 23.6 Å². The molecule has 0 spiro atoms. The molecule has 0 fully saturated rings. The Morgan fingerprint density at radius 3 is 2.58 bits per heavy atom. The van der Waals surface area contributed by atoms with Gasteiger partial charge in [0.05, 0.1) is 19.1 Å². The molecule has 0 aliphatic carbocycles. The second-order valence-corrected chi connectivity index (χ2v) is 8.39. The van der Waals surface area contributed by atoms with Crippen molar-refractivity contribution in [2.24, 2.45) is 0 Å². The van der Waals surface area contributed by atoms with Gasteiger partial charge in [-0.15, -0.1) is 0 Å². The van der Waals surface area contributed by atoms with Crippen molar-refractivity contribution in [1.29, 1.82) is 0 Å². The monoisotopic (exact) mass is 463 g/mol. The number of carbonyl (C=O) groups is 1. The molecule has 1 N–H and O–H groups in total. The maximum atomic E-state index is 14.0. The minimum atomic E-state index is -0.600. The first kappa shape index (κ1) is 22.6. The van der Waals surface area contributed by atoms with E-state index >= 15 is 0 Å². The van der Waals surface area contributed by atoms with Crippen molar-refractivity contribution < 1.29 is 18.3 Å². The van der Waals surface area contributed by atoms with Gasteiger partial charge in [0, 0.05) is 33.7 Å². The average Bonchev–Trinajstić information content (AvgIpc) is 3.17. The Morgan fingerprint density at radius 2 is 1.88 bits per heavy atom. The van der Waals surface area contributed by atoms with Gasteiger partial charge >= 0.3 is 0 Å². The van der Waals surface area contributed by atoms with Crippen molar-refractivity contribution in [3.8, 4) is 16.9 Å².